The fraction of sp³-hybridized carbons (Fsp3) is 0.0606. The van der Waals surface area contributed by atoms with Crippen molar-refractivity contribution in [1.29, 1.82) is 0 Å². The minimum absolute atomic E-state index is 0.163. The molecule has 6 nitrogen and oxygen atoms in total. The monoisotopic (exact) mass is 533 g/mol. The first-order chi connectivity index (χ1) is 19.4. The van der Waals surface area contributed by atoms with Crippen LogP contribution in [0.4, 0.5) is 4.39 Å². The molecule has 5 aromatic rings. The number of halogens is 1. The molecular weight excluding hydrogens is 509 g/mol. The molecular formula is C33H24FNO5. The maximum atomic E-state index is 13.6. The van der Waals surface area contributed by atoms with Crippen LogP contribution in [0.25, 0.3) is 16.9 Å². The Bertz CT molecular complexity index is 1660. The van der Waals surface area contributed by atoms with Crippen LogP contribution in [0, 0.1) is 5.82 Å². The van der Waals surface area contributed by atoms with Crippen LogP contribution in [-0.4, -0.2) is 23.6 Å². The highest BCUT2D eigenvalue weighted by Crippen LogP contribution is 2.28. The van der Waals surface area contributed by atoms with E-state index in [4.69, 9.17) is 9.47 Å². The second-order valence-corrected chi connectivity index (χ2v) is 8.96. The number of carbonyl (C=O) groups is 2. The van der Waals surface area contributed by atoms with Crippen molar-refractivity contribution in [3.63, 3.8) is 0 Å². The molecule has 0 saturated heterocycles. The number of pyridine rings is 1. The smallest absolute Gasteiger partial charge is 0.343 e. The average molecular weight is 534 g/mol. The van der Waals surface area contributed by atoms with Gasteiger partial charge in [-0.3, -0.25) is 4.79 Å². The normalized spacial score (nSPS) is 10.8. The average Bonchev–Trinajstić information content (AvgIpc) is 3.00. The van der Waals surface area contributed by atoms with E-state index in [-0.39, 0.29) is 5.56 Å². The number of hydrogen-bond donors (Lipinski definition) is 0. The van der Waals surface area contributed by atoms with Gasteiger partial charge in [-0.2, -0.15) is 0 Å². The Balaban J connectivity index is 1.49. The summed E-state index contributed by atoms with van der Waals surface area (Å²) >= 11 is 0. The van der Waals surface area contributed by atoms with Gasteiger partial charge >= 0.3 is 11.9 Å². The number of carbonyl (C=O) groups excluding carboxylic acids is 2. The van der Waals surface area contributed by atoms with Gasteiger partial charge in [0.25, 0.3) is 0 Å². The summed E-state index contributed by atoms with van der Waals surface area (Å²) in [7, 11) is 1.19. The van der Waals surface area contributed by atoms with Crippen molar-refractivity contribution in [1.82, 2.24) is 4.57 Å². The molecule has 40 heavy (non-hydrogen) atoms. The van der Waals surface area contributed by atoms with Gasteiger partial charge in [0.15, 0.2) is 11.5 Å². The van der Waals surface area contributed by atoms with Crippen LogP contribution in [0.1, 0.15) is 37.9 Å². The lowest BCUT2D eigenvalue weighted by Crippen LogP contribution is -2.19. The Labute approximate surface area is 229 Å². The molecule has 0 saturated carbocycles. The molecule has 0 fully saturated rings. The van der Waals surface area contributed by atoms with Gasteiger partial charge in [0.2, 0.25) is 0 Å². The molecule has 1 heterocycles. The van der Waals surface area contributed by atoms with Gasteiger partial charge in [-0.25, -0.2) is 14.0 Å². The van der Waals surface area contributed by atoms with E-state index in [2.05, 4.69) is 0 Å². The van der Waals surface area contributed by atoms with E-state index >= 15 is 0 Å². The molecule has 0 radical (unpaired) electrons. The number of rotatable bonds is 7. The van der Waals surface area contributed by atoms with E-state index in [1.165, 1.54) is 43.6 Å². The van der Waals surface area contributed by atoms with E-state index in [0.717, 1.165) is 11.1 Å². The van der Waals surface area contributed by atoms with Gasteiger partial charge in [-0.15, -0.1) is 0 Å². The number of hydrogen-bond acceptors (Lipinski definition) is 5. The van der Waals surface area contributed by atoms with Crippen LogP contribution in [0.15, 0.2) is 126 Å². The Morgan fingerprint density at radius 2 is 1.32 bits per heavy atom. The largest absolute Gasteiger partial charge is 0.465 e. The molecule has 0 aliphatic rings. The molecule has 4 aromatic carbocycles. The number of benzene rings is 4. The molecule has 0 bridgehead atoms. The molecule has 5 rings (SSSR count). The lowest BCUT2D eigenvalue weighted by atomic mass is 10.0. The van der Waals surface area contributed by atoms with E-state index < -0.39 is 29.3 Å². The SMILES string of the molecule is COC(=O)c1cn(-c2ccc(F)cc2)c(-c2ccc(C(=O)OC(c3ccccc3)c3ccccc3)cc2)cc1=O. The van der Waals surface area contributed by atoms with Gasteiger partial charge in [0.1, 0.15) is 11.4 Å². The summed E-state index contributed by atoms with van der Waals surface area (Å²) in [6.07, 6.45) is 0.771. The van der Waals surface area contributed by atoms with Crippen molar-refractivity contribution in [2.45, 2.75) is 6.10 Å². The number of aromatic nitrogens is 1. The van der Waals surface area contributed by atoms with Gasteiger partial charge in [-0.05, 0) is 53.1 Å². The molecule has 0 atom stereocenters. The lowest BCUT2D eigenvalue weighted by molar-refractivity contribution is 0.0377. The zero-order valence-corrected chi connectivity index (χ0v) is 21.5. The maximum Gasteiger partial charge on any atom is 0.343 e. The van der Waals surface area contributed by atoms with Crippen LogP contribution < -0.4 is 5.43 Å². The van der Waals surface area contributed by atoms with Crippen LogP contribution in [0.5, 0.6) is 0 Å². The number of nitrogens with zero attached hydrogens (tertiary/aromatic N) is 1. The first-order valence-corrected chi connectivity index (χ1v) is 12.5. The van der Waals surface area contributed by atoms with Crippen LogP contribution in [0.2, 0.25) is 0 Å². The van der Waals surface area contributed by atoms with E-state index in [9.17, 15) is 18.8 Å². The first kappa shape index (κ1) is 26.3. The fourth-order valence-electron chi connectivity index (χ4n) is 4.37. The van der Waals surface area contributed by atoms with Crippen molar-refractivity contribution in [3.8, 4) is 16.9 Å². The van der Waals surface area contributed by atoms with Crippen molar-refractivity contribution in [3.05, 3.63) is 160 Å². The fourth-order valence-corrected chi connectivity index (χ4v) is 4.37. The standard InChI is InChI=1S/C33H24FNO5/c1-39-33(38)28-21-35(27-18-16-26(34)17-19-27)29(20-30(28)36)22-12-14-25(15-13-22)32(37)40-31(23-8-4-2-5-9-23)24-10-6-3-7-11-24/h2-21,31H,1H3. The minimum atomic E-state index is -0.781. The predicted molar refractivity (Wildman–Crippen MR) is 149 cm³/mol. The van der Waals surface area contributed by atoms with Gasteiger partial charge < -0.3 is 14.0 Å². The van der Waals surface area contributed by atoms with Crippen LogP contribution in [-0.2, 0) is 9.47 Å². The molecule has 198 valence electrons. The highest BCUT2D eigenvalue weighted by molar-refractivity contribution is 5.91. The maximum absolute atomic E-state index is 13.6. The Kier molecular flexibility index (Phi) is 7.64. The quantitative estimate of drug-likeness (QED) is 0.227. The molecule has 1 aromatic heterocycles. The lowest BCUT2D eigenvalue weighted by Gasteiger charge is -2.19. The minimum Gasteiger partial charge on any atom is -0.465 e. The summed E-state index contributed by atoms with van der Waals surface area (Å²) in [5.74, 6) is -1.72. The zero-order chi connectivity index (χ0) is 28.1. The Morgan fingerprint density at radius 3 is 1.88 bits per heavy atom. The predicted octanol–water partition coefficient (Wildman–Crippen LogP) is 6.38. The molecule has 0 amide bonds. The molecule has 0 aliphatic carbocycles. The van der Waals surface area contributed by atoms with E-state index in [0.29, 0.717) is 22.5 Å². The van der Waals surface area contributed by atoms with Gasteiger partial charge in [0.05, 0.1) is 18.4 Å². The third kappa shape index (κ3) is 5.59. The number of methoxy groups -OCH3 is 1. The van der Waals surface area contributed by atoms with Crippen molar-refractivity contribution < 1.29 is 23.5 Å². The third-order valence-electron chi connectivity index (χ3n) is 6.41. The third-order valence-corrected chi connectivity index (χ3v) is 6.41. The van der Waals surface area contributed by atoms with E-state index in [1.807, 2.05) is 60.7 Å². The number of ether oxygens (including phenoxy) is 2. The van der Waals surface area contributed by atoms with Crippen molar-refractivity contribution in [2.75, 3.05) is 7.11 Å². The van der Waals surface area contributed by atoms with Crippen molar-refractivity contribution >= 4 is 11.9 Å². The van der Waals surface area contributed by atoms with E-state index in [1.54, 1.807) is 28.8 Å². The Hall–Kier alpha value is -5.30. The molecule has 0 aliphatic heterocycles. The molecule has 0 unspecified atom stereocenters. The summed E-state index contributed by atoms with van der Waals surface area (Å²) in [5.41, 5.74) is 2.87. The van der Waals surface area contributed by atoms with Gasteiger partial charge in [0, 0.05) is 18.0 Å². The Morgan fingerprint density at radius 1 is 0.750 bits per heavy atom. The van der Waals surface area contributed by atoms with Crippen molar-refractivity contribution in [2.24, 2.45) is 0 Å². The van der Waals surface area contributed by atoms with Crippen LogP contribution >= 0.6 is 0 Å². The summed E-state index contributed by atoms with van der Waals surface area (Å²) in [6, 6.07) is 32.5. The first-order valence-electron chi connectivity index (χ1n) is 12.5. The topological polar surface area (TPSA) is 74.6 Å². The highest BCUT2D eigenvalue weighted by Gasteiger charge is 2.21. The second kappa shape index (κ2) is 11.6. The summed E-state index contributed by atoms with van der Waals surface area (Å²) < 4.78 is 25.9. The van der Waals surface area contributed by atoms with Gasteiger partial charge in [-0.1, -0.05) is 72.8 Å². The zero-order valence-electron chi connectivity index (χ0n) is 21.5. The molecule has 0 spiro atoms. The molecule has 7 heteroatoms. The highest BCUT2D eigenvalue weighted by atomic mass is 19.1. The summed E-state index contributed by atoms with van der Waals surface area (Å²) in [4.78, 5) is 38.2. The molecule has 0 N–H and O–H groups in total. The summed E-state index contributed by atoms with van der Waals surface area (Å²) in [6.45, 7) is 0. The van der Waals surface area contributed by atoms with Crippen LogP contribution in [0.3, 0.4) is 0 Å². The second-order valence-electron chi connectivity index (χ2n) is 8.96. The summed E-state index contributed by atoms with van der Waals surface area (Å²) in [5, 5.41) is 0. The number of esters is 2.